The van der Waals surface area contributed by atoms with E-state index in [2.05, 4.69) is 20.7 Å². The minimum atomic E-state index is -0.213. The molecule has 0 unspecified atom stereocenters. The molecule has 0 spiro atoms. The molecule has 0 saturated heterocycles. The van der Waals surface area contributed by atoms with Gasteiger partial charge in [-0.25, -0.2) is 9.31 Å². The Labute approximate surface area is 154 Å². The first-order valence-corrected chi connectivity index (χ1v) is 9.18. The molecule has 3 amide bonds. The lowest BCUT2D eigenvalue weighted by atomic mass is 10.1. The largest absolute Gasteiger partial charge is 0.326 e. The molecule has 2 aromatic heterocycles. The van der Waals surface area contributed by atoms with E-state index in [1.165, 1.54) is 18.3 Å². The van der Waals surface area contributed by atoms with Crippen molar-refractivity contribution >= 4 is 39.9 Å². The minimum absolute atomic E-state index is 0.111. The van der Waals surface area contributed by atoms with Gasteiger partial charge in [0.1, 0.15) is 0 Å². The van der Waals surface area contributed by atoms with E-state index in [9.17, 15) is 9.59 Å². The molecular formula is C17H20N6O2S. The molecule has 0 aliphatic carbocycles. The maximum absolute atomic E-state index is 12.1. The van der Waals surface area contributed by atoms with E-state index in [0.717, 1.165) is 16.9 Å². The summed E-state index contributed by atoms with van der Waals surface area (Å²) in [7, 11) is 0. The number of carbonyl (C=O) groups is 2. The maximum Gasteiger partial charge on any atom is 0.324 e. The van der Waals surface area contributed by atoms with Crippen LogP contribution in [0.4, 0.5) is 16.4 Å². The second kappa shape index (κ2) is 7.52. The Balaban J connectivity index is 1.83. The maximum atomic E-state index is 12.1. The molecule has 0 radical (unpaired) electrons. The number of nitrogens with zero attached hydrogens (tertiary/aromatic N) is 4. The number of nitrogens with one attached hydrogen (secondary N) is 2. The second-order valence-electron chi connectivity index (χ2n) is 5.61. The monoisotopic (exact) mass is 372 g/mol. The average Bonchev–Trinajstić information content (AvgIpc) is 3.16. The van der Waals surface area contributed by atoms with E-state index >= 15 is 0 Å². The van der Waals surface area contributed by atoms with Crippen LogP contribution in [0.5, 0.6) is 0 Å². The lowest BCUT2D eigenvalue weighted by Crippen LogP contribution is -2.34. The van der Waals surface area contributed by atoms with Crippen LogP contribution in [0.1, 0.15) is 20.8 Å². The highest BCUT2D eigenvalue weighted by atomic mass is 32.1. The summed E-state index contributed by atoms with van der Waals surface area (Å²) in [5, 5.41) is 11.8. The summed E-state index contributed by atoms with van der Waals surface area (Å²) >= 11 is 1.45. The van der Waals surface area contributed by atoms with Crippen molar-refractivity contribution in [2.45, 2.75) is 20.8 Å². The first-order chi connectivity index (χ1) is 12.5. The summed E-state index contributed by atoms with van der Waals surface area (Å²) in [6.45, 7) is 6.56. The Hall–Kier alpha value is -2.94. The SMILES string of the molecule is CCN(CC)C(=O)Nc1nc2scc(-c3ccc(NC(C)=O)cc3)n2n1. The topological polar surface area (TPSA) is 91.6 Å². The molecule has 0 saturated carbocycles. The number of rotatable bonds is 5. The van der Waals surface area contributed by atoms with Gasteiger partial charge >= 0.3 is 6.03 Å². The Morgan fingerprint density at radius 1 is 1.15 bits per heavy atom. The third kappa shape index (κ3) is 3.67. The lowest BCUT2D eigenvalue weighted by Gasteiger charge is -2.17. The van der Waals surface area contributed by atoms with Gasteiger partial charge in [0.2, 0.25) is 10.9 Å². The van der Waals surface area contributed by atoms with E-state index in [-0.39, 0.29) is 17.9 Å². The molecular weight excluding hydrogens is 352 g/mol. The molecule has 1 aromatic carbocycles. The summed E-state index contributed by atoms with van der Waals surface area (Å²) in [4.78, 5) is 30.0. The standard InChI is InChI=1S/C17H20N6O2S/c1-4-22(5-2)16(25)19-15-20-17-23(21-15)14(10-26-17)12-6-8-13(9-7-12)18-11(3)24/h6-10H,4-5H2,1-3H3,(H,18,24)(H,19,21,25). The van der Waals surface area contributed by atoms with Gasteiger partial charge in [-0.1, -0.05) is 12.1 Å². The molecule has 0 fully saturated rings. The zero-order valence-electron chi connectivity index (χ0n) is 14.8. The van der Waals surface area contributed by atoms with Crippen molar-refractivity contribution in [3.05, 3.63) is 29.6 Å². The smallest absolute Gasteiger partial charge is 0.324 e. The van der Waals surface area contributed by atoms with Crippen LogP contribution in [0.25, 0.3) is 16.2 Å². The van der Waals surface area contributed by atoms with Crippen molar-refractivity contribution in [1.29, 1.82) is 0 Å². The van der Waals surface area contributed by atoms with Crippen molar-refractivity contribution in [3.8, 4) is 11.3 Å². The number of hydrogen-bond donors (Lipinski definition) is 2. The summed E-state index contributed by atoms with van der Waals surface area (Å²) < 4.78 is 1.70. The highest BCUT2D eigenvalue weighted by Gasteiger charge is 2.15. The molecule has 0 bridgehead atoms. The number of benzene rings is 1. The number of fused-ring (bicyclic) bond motifs is 1. The average molecular weight is 372 g/mol. The number of anilines is 2. The molecule has 3 rings (SSSR count). The van der Waals surface area contributed by atoms with Crippen LogP contribution in [0.2, 0.25) is 0 Å². The zero-order chi connectivity index (χ0) is 18.7. The highest BCUT2D eigenvalue weighted by molar-refractivity contribution is 7.15. The molecule has 26 heavy (non-hydrogen) atoms. The highest BCUT2D eigenvalue weighted by Crippen LogP contribution is 2.27. The van der Waals surface area contributed by atoms with Gasteiger partial charge in [0.25, 0.3) is 5.95 Å². The molecule has 2 heterocycles. The first-order valence-electron chi connectivity index (χ1n) is 8.30. The molecule has 136 valence electrons. The summed E-state index contributed by atoms with van der Waals surface area (Å²) in [5.41, 5.74) is 2.55. The first kappa shape index (κ1) is 17.9. The Bertz CT molecular complexity index is 927. The number of aromatic nitrogens is 3. The fourth-order valence-corrected chi connectivity index (χ4v) is 3.38. The van der Waals surface area contributed by atoms with Crippen LogP contribution in [0.15, 0.2) is 29.6 Å². The number of carbonyl (C=O) groups excluding carboxylic acids is 2. The Morgan fingerprint density at radius 3 is 2.46 bits per heavy atom. The number of thiazole rings is 1. The fourth-order valence-electron chi connectivity index (χ4n) is 2.55. The third-order valence-electron chi connectivity index (χ3n) is 3.85. The fraction of sp³-hybridized carbons (Fsp3) is 0.294. The van der Waals surface area contributed by atoms with Crippen LogP contribution in [-0.2, 0) is 4.79 Å². The molecule has 0 aliphatic heterocycles. The van der Waals surface area contributed by atoms with Crippen LogP contribution < -0.4 is 10.6 Å². The van der Waals surface area contributed by atoms with Gasteiger partial charge in [-0.2, -0.15) is 4.98 Å². The van der Waals surface area contributed by atoms with E-state index < -0.39 is 0 Å². The van der Waals surface area contributed by atoms with Crippen molar-refractivity contribution < 1.29 is 9.59 Å². The molecule has 3 aromatic rings. The van der Waals surface area contributed by atoms with E-state index in [1.54, 1.807) is 9.42 Å². The summed E-state index contributed by atoms with van der Waals surface area (Å²) in [6.07, 6.45) is 0. The van der Waals surface area contributed by atoms with Gasteiger partial charge in [0.05, 0.1) is 5.69 Å². The quantitative estimate of drug-likeness (QED) is 0.719. The van der Waals surface area contributed by atoms with Gasteiger partial charge in [-0.05, 0) is 26.0 Å². The van der Waals surface area contributed by atoms with Crippen molar-refractivity contribution in [1.82, 2.24) is 19.5 Å². The molecule has 0 atom stereocenters. The van der Waals surface area contributed by atoms with Gasteiger partial charge < -0.3 is 10.2 Å². The van der Waals surface area contributed by atoms with Crippen LogP contribution in [-0.4, -0.2) is 44.5 Å². The molecule has 9 heteroatoms. The zero-order valence-corrected chi connectivity index (χ0v) is 15.6. The van der Waals surface area contributed by atoms with E-state index in [4.69, 9.17) is 0 Å². The van der Waals surface area contributed by atoms with Crippen LogP contribution in [0, 0.1) is 0 Å². The lowest BCUT2D eigenvalue weighted by molar-refractivity contribution is -0.114. The normalized spacial score (nSPS) is 10.7. The van der Waals surface area contributed by atoms with E-state index in [1.807, 2.05) is 43.5 Å². The predicted molar refractivity (Wildman–Crippen MR) is 103 cm³/mol. The molecule has 8 nitrogen and oxygen atoms in total. The van der Waals surface area contributed by atoms with Crippen LogP contribution >= 0.6 is 11.3 Å². The minimum Gasteiger partial charge on any atom is -0.326 e. The Kier molecular flexibility index (Phi) is 5.17. The van der Waals surface area contributed by atoms with Gasteiger partial charge in [-0.15, -0.1) is 16.4 Å². The van der Waals surface area contributed by atoms with Crippen molar-refractivity contribution in [2.75, 3.05) is 23.7 Å². The number of hydrogen-bond acceptors (Lipinski definition) is 5. The number of amides is 3. The van der Waals surface area contributed by atoms with Gasteiger partial charge in [0, 0.05) is 36.6 Å². The van der Waals surface area contributed by atoms with Gasteiger partial charge in [0.15, 0.2) is 0 Å². The summed E-state index contributed by atoms with van der Waals surface area (Å²) in [5.74, 6) is 0.172. The summed E-state index contributed by atoms with van der Waals surface area (Å²) in [6, 6.07) is 7.26. The van der Waals surface area contributed by atoms with E-state index in [0.29, 0.717) is 18.1 Å². The van der Waals surface area contributed by atoms with Crippen molar-refractivity contribution in [2.24, 2.45) is 0 Å². The predicted octanol–water partition coefficient (Wildman–Crippen LogP) is 3.29. The third-order valence-corrected chi connectivity index (χ3v) is 4.67. The van der Waals surface area contributed by atoms with Gasteiger partial charge in [-0.3, -0.25) is 10.1 Å². The van der Waals surface area contributed by atoms with Crippen LogP contribution in [0.3, 0.4) is 0 Å². The second-order valence-corrected chi connectivity index (χ2v) is 6.45. The Morgan fingerprint density at radius 2 is 1.85 bits per heavy atom. The van der Waals surface area contributed by atoms with Crippen molar-refractivity contribution in [3.63, 3.8) is 0 Å². The molecule has 2 N–H and O–H groups in total. The number of urea groups is 1. The molecule has 0 aliphatic rings.